The number of amides is 1. The highest BCUT2D eigenvalue weighted by Gasteiger charge is 2.12. The van der Waals surface area contributed by atoms with E-state index in [0.717, 1.165) is 10.4 Å². The Kier molecular flexibility index (Phi) is 4.99. The van der Waals surface area contributed by atoms with Crippen molar-refractivity contribution in [3.8, 4) is 17.6 Å². The first-order valence-electron chi connectivity index (χ1n) is 6.45. The second kappa shape index (κ2) is 6.93. The molecule has 21 heavy (non-hydrogen) atoms. The highest BCUT2D eigenvalue weighted by molar-refractivity contribution is 7.10. The molecule has 1 aromatic carbocycles. The van der Waals surface area contributed by atoms with Crippen molar-refractivity contribution in [2.24, 2.45) is 5.73 Å². The number of carbonyl (C=O) groups is 1. The summed E-state index contributed by atoms with van der Waals surface area (Å²) in [4.78, 5) is 13.1. The summed E-state index contributed by atoms with van der Waals surface area (Å²) < 4.78 is 0. The molecule has 0 spiro atoms. The fourth-order valence-corrected chi connectivity index (χ4v) is 2.60. The van der Waals surface area contributed by atoms with E-state index in [1.807, 2.05) is 11.4 Å². The van der Waals surface area contributed by atoms with E-state index in [1.165, 1.54) is 11.3 Å². The lowest BCUT2D eigenvalue weighted by Crippen LogP contribution is -2.22. The fraction of sp³-hybridized carbons (Fsp3) is 0.188. The van der Waals surface area contributed by atoms with Gasteiger partial charge in [0.2, 0.25) is 0 Å². The maximum absolute atomic E-state index is 12.1. The van der Waals surface area contributed by atoms with Crippen LogP contribution in [0.5, 0.6) is 5.75 Å². The lowest BCUT2D eigenvalue weighted by atomic mass is 10.1. The fourth-order valence-electron chi connectivity index (χ4n) is 1.83. The van der Waals surface area contributed by atoms with E-state index in [9.17, 15) is 9.90 Å². The maximum Gasteiger partial charge on any atom is 0.255 e. The molecule has 0 atom stereocenters. The molecule has 0 bridgehead atoms. The monoisotopic (exact) mass is 300 g/mol. The van der Waals surface area contributed by atoms with Gasteiger partial charge in [0, 0.05) is 10.4 Å². The normalized spacial score (nSPS) is 9.81. The van der Waals surface area contributed by atoms with Gasteiger partial charge in [-0.05, 0) is 30.0 Å². The first kappa shape index (κ1) is 15.1. The number of hydrogen-bond donors (Lipinski definition) is 3. The topological polar surface area (TPSA) is 75.4 Å². The molecule has 0 radical (unpaired) electrons. The highest BCUT2D eigenvalue weighted by Crippen LogP contribution is 2.21. The Morgan fingerprint density at radius 2 is 2.24 bits per heavy atom. The molecule has 1 amide bonds. The van der Waals surface area contributed by atoms with E-state index in [0.29, 0.717) is 18.7 Å². The van der Waals surface area contributed by atoms with Crippen LogP contribution in [-0.4, -0.2) is 17.6 Å². The third kappa shape index (κ3) is 3.63. The van der Waals surface area contributed by atoms with E-state index in [4.69, 9.17) is 5.73 Å². The molecule has 4 N–H and O–H groups in total. The average Bonchev–Trinajstić information content (AvgIpc) is 2.93. The molecule has 1 aromatic heterocycles. The van der Waals surface area contributed by atoms with Crippen molar-refractivity contribution in [1.29, 1.82) is 0 Å². The Morgan fingerprint density at radius 3 is 3.00 bits per heavy atom. The Bertz CT molecular complexity index is 711. The van der Waals surface area contributed by atoms with Gasteiger partial charge < -0.3 is 16.2 Å². The minimum absolute atomic E-state index is 0.0179. The predicted molar refractivity (Wildman–Crippen MR) is 84.3 cm³/mol. The van der Waals surface area contributed by atoms with E-state index < -0.39 is 0 Å². The number of nitrogens with two attached hydrogens (primary N) is 1. The van der Waals surface area contributed by atoms with E-state index in [-0.39, 0.29) is 17.2 Å². The van der Waals surface area contributed by atoms with Gasteiger partial charge >= 0.3 is 0 Å². The van der Waals surface area contributed by atoms with Crippen molar-refractivity contribution in [2.75, 3.05) is 6.54 Å². The third-order valence-corrected chi connectivity index (χ3v) is 3.88. The SMILES string of the molecule is Cc1cccc(C(=O)NCc2sccc2C#CCN)c1O. The zero-order chi connectivity index (χ0) is 15.2. The van der Waals surface area contributed by atoms with Gasteiger partial charge in [-0.1, -0.05) is 24.0 Å². The van der Waals surface area contributed by atoms with Gasteiger partial charge in [-0.25, -0.2) is 0 Å². The summed E-state index contributed by atoms with van der Waals surface area (Å²) in [5, 5.41) is 14.6. The summed E-state index contributed by atoms with van der Waals surface area (Å²) >= 11 is 1.52. The van der Waals surface area contributed by atoms with Gasteiger partial charge in [0.05, 0.1) is 18.7 Å². The molecule has 0 unspecified atom stereocenters. The minimum atomic E-state index is -0.303. The second-order valence-corrected chi connectivity index (χ2v) is 5.42. The molecule has 1 heterocycles. The molecular formula is C16H16N2O2S. The molecule has 0 fully saturated rings. The van der Waals surface area contributed by atoms with E-state index in [2.05, 4.69) is 17.2 Å². The molecule has 0 saturated heterocycles. The minimum Gasteiger partial charge on any atom is -0.507 e. The number of aryl methyl sites for hydroxylation is 1. The van der Waals surface area contributed by atoms with Crippen LogP contribution in [0.15, 0.2) is 29.6 Å². The van der Waals surface area contributed by atoms with E-state index in [1.54, 1.807) is 25.1 Å². The largest absolute Gasteiger partial charge is 0.507 e. The summed E-state index contributed by atoms with van der Waals surface area (Å²) in [5.74, 6) is 5.48. The number of rotatable bonds is 3. The third-order valence-electron chi connectivity index (χ3n) is 2.96. The number of carbonyl (C=O) groups excluding carboxylic acids is 1. The lowest BCUT2D eigenvalue weighted by molar-refractivity contribution is 0.0948. The van der Waals surface area contributed by atoms with Gasteiger partial charge in [0.25, 0.3) is 5.91 Å². The molecule has 2 aromatic rings. The quantitative estimate of drug-likeness (QED) is 0.759. The molecule has 0 aliphatic rings. The number of phenols is 1. The molecular weight excluding hydrogens is 284 g/mol. The molecule has 108 valence electrons. The van der Waals surface area contributed by atoms with Crippen LogP contribution in [-0.2, 0) is 6.54 Å². The number of para-hydroxylation sites is 1. The Hall–Kier alpha value is -2.29. The Morgan fingerprint density at radius 1 is 1.43 bits per heavy atom. The van der Waals surface area contributed by atoms with Crippen LogP contribution in [0, 0.1) is 18.8 Å². The van der Waals surface area contributed by atoms with Crippen molar-refractivity contribution in [2.45, 2.75) is 13.5 Å². The van der Waals surface area contributed by atoms with Crippen molar-refractivity contribution >= 4 is 17.2 Å². The van der Waals surface area contributed by atoms with Crippen molar-refractivity contribution in [3.05, 3.63) is 51.2 Å². The summed E-state index contributed by atoms with van der Waals surface area (Å²) in [7, 11) is 0. The number of aromatic hydroxyl groups is 1. The van der Waals surface area contributed by atoms with Crippen LogP contribution in [0.2, 0.25) is 0 Å². The first-order chi connectivity index (χ1) is 10.1. The zero-order valence-corrected chi connectivity index (χ0v) is 12.5. The van der Waals surface area contributed by atoms with Crippen molar-refractivity contribution < 1.29 is 9.90 Å². The lowest BCUT2D eigenvalue weighted by Gasteiger charge is -2.08. The number of benzene rings is 1. The molecule has 0 aliphatic heterocycles. The standard InChI is InChI=1S/C16H16N2O2S/c1-11-4-2-6-13(15(11)19)16(20)18-10-14-12(5-3-8-17)7-9-21-14/h2,4,6-7,9,19H,8,10,17H2,1H3,(H,18,20). The van der Waals surface area contributed by atoms with Gasteiger partial charge in [-0.3, -0.25) is 4.79 Å². The molecule has 4 nitrogen and oxygen atoms in total. The summed E-state index contributed by atoms with van der Waals surface area (Å²) in [6.45, 7) is 2.43. The van der Waals surface area contributed by atoms with Gasteiger partial charge in [-0.2, -0.15) is 0 Å². The average molecular weight is 300 g/mol. The molecule has 0 aliphatic carbocycles. The number of nitrogens with one attached hydrogen (secondary N) is 1. The van der Waals surface area contributed by atoms with Gasteiger partial charge in [-0.15, -0.1) is 11.3 Å². The molecule has 0 saturated carbocycles. The van der Waals surface area contributed by atoms with Crippen LogP contribution >= 0.6 is 11.3 Å². The Labute approximate surface area is 127 Å². The van der Waals surface area contributed by atoms with Crippen LogP contribution in [0.25, 0.3) is 0 Å². The second-order valence-electron chi connectivity index (χ2n) is 4.42. The predicted octanol–water partition coefficient (Wildman–Crippen LogP) is 2.00. The number of thiophene rings is 1. The number of phenolic OH excluding ortho intramolecular Hbond substituents is 1. The van der Waals surface area contributed by atoms with Gasteiger partial charge in [0.15, 0.2) is 0 Å². The van der Waals surface area contributed by atoms with E-state index >= 15 is 0 Å². The Balaban J connectivity index is 2.08. The van der Waals surface area contributed by atoms with Crippen LogP contribution in [0.3, 0.4) is 0 Å². The number of hydrogen-bond acceptors (Lipinski definition) is 4. The summed E-state index contributed by atoms with van der Waals surface area (Å²) in [5.41, 5.74) is 7.18. The summed E-state index contributed by atoms with van der Waals surface area (Å²) in [6, 6.07) is 7.00. The van der Waals surface area contributed by atoms with Crippen LogP contribution < -0.4 is 11.1 Å². The van der Waals surface area contributed by atoms with Crippen LogP contribution in [0.4, 0.5) is 0 Å². The van der Waals surface area contributed by atoms with Crippen molar-refractivity contribution in [3.63, 3.8) is 0 Å². The maximum atomic E-state index is 12.1. The first-order valence-corrected chi connectivity index (χ1v) is 7.33. The molecule has 2 rings (SSSR count). The summed E-state index contributed by atoms with van der Waals surface area (Å²) in [6.07, 6.45) is 0. The molecule has 5 heteroatoms. The zero-order valence-electron chi connectivity index (χ0n) is 11.6. The highest BCUT2D eigenvalue weighted by atomic mass is 32.1. The smallest absolute Gasteiger partial charge is 0.255 e. The van der Waals surface area contributed by atoms with Crippen LogP contribution in [0.1, 0.15) is 26.4 Å². The van der Waals surface area contributed by atoms with Gasteiger partial charge in [0.1, 0.15) is 5.75 Å². The van der Waals surface area contributed by atoms with Crippen molar-refractivity contribution in [1.82, 2.24) is 5.32 Å².